The standard InChI is InChI=1S/C22H24N2O2.ClH/c1-2-15-26-22(25)24-21-13-7-6-12-20(21)23-19-14-8-11-18(19)16-17-9-4-3-5-10-17;/h3-7,9-10,12-13,16H,2,8,11,14-15H2,1H3,(H,24,25);1H/b18-16+,23-19?;. The van der Waals surface area contributed by atoms with Crippen LogP contribution in [0.4, 0.5) is 16.2 Å². The lowest BCUT2D eigenvalue weighted by Crippen LogP contribution is -2.14. The molecule has 0 aliphatic heterocycles. The lowest BCUT2D eigenvalue weighted by molar-refractivity contribution is 0.161. The highest BCUT2D eigenvalue weighted by Gasteiger charge is 2.16. The number of carbonyl (C=O) groups excluding carboxylic acids is 1. The van der Waals surface area contributed by atoms with Crippen molar-refractivity contribution in [3.05, 3.63) is 65.7 Å². The number of allylic oxidation sites excluding steroid dienone is 1. The molecule has 0 unspecified atom stereocenters. The Bertz CT molecular complexity index is 816. The number of nitrogens with one attached hydrogen (secondary N) is 1. The number of hydrogen-bond acceptors (Lipinski definition) is 3. The van der Waals surface area contributed by atoms with Crippen molar-refractivity contribution >= 4 is 41.7 Å². The first kappa shape index (κ1) is 20.7. The zero-order valence-electron chi connectivity index (χ0n) is 15.5. The predicted octanol–water partition coefficient (Wildman–Crippen LogP) is 6.41. The fourth-order valence-corrected chi connectivity index (χ4v) is 2.95. The van der Waals surface area contributed by atoms with Crippen LogP contribution in [0.25, 0.3) is 6.08 Å². The number of carbonyl (C=O) groups is 1. The topological polar surface area (TPSA) is 50.7 Å². The Kier molecular flexibility index (Phi) is 8.08. The molecule has 1 amide bonds. The average molecular weight is 385 g/mol. The molecule has 0 atom stereocenters. The van der Waals surface area contributed by atoms with Crippen LogP contribution in [0.5, 0.6) is 0 Å². The van der Waals surface area contributed by atoms with Crippen LogP contribution >= 0.6 is 12.4 Å². The van der Waals surface area contributed by atoms with E-state index in [2.05, 4.69) is 23.5 Å². The van der Waals surface area contributed by atoms with Crippen molar-refractivity contribution in [3.63, 3.8) is 0 Å². The van der Waals surface area contributed by atoms with Crippen molar-refractivity contribution in [2.24, 2.45) is 4.99 Å². The summed E-state index contributed by atoms with van der Waals surface area (Å²) in [4.78, 5) is 16.7. The van der Waals surface area contributed by atoms with Crippen molar-refractivity contribution < 1.29 is 9.53 Å². The number of hydrogen-bond donors (Lipinski definition) is 1. The predicted molar refractivity (Wildman–Crippen MR) is 114 cm³/mol. The molecule has 142 valence electrons. The third kappa shape index (κ3) is 5.97. The number of benzene rings is 2. The van der Waals surface area contributed by atoms with Crippen LogP contribution in [0.1, 0.15) is 38.2 Å². The quantitative estimate of drug-likeness (QED) is 0.647. The van der Waals surface area contributed by atoms with Gasteiger partial charge in [-0.1, -0.05) is 49.4 Å². The highest BCUT2D eigenvalue weighted by atomic mass is 35.5. The summed E-state index contributed by atoms with van der Waals surface area (Å²) in [7, 11) is 0. The molecule has 0 radical (unpaired) electrons. The van der Waals surface area contributed by atoms with Gasteiger partial charge in [0.2, 0.25) is 0 Å². The van der Waals surface area contributed by atoms with Crippen molar-refractivity contribution in [1.29, 1.82) is 0 Å². The number of anilines is 1. The van der Waals surface area contributed by atoms with E-state index in [0.717, 1.165) is 37.1 Å². The third-order valence-electron chi connectivity index (χ3n) is 4.20. The minimum atomic E-state index is -0.439. The van der Waals surface area contributed by atoms with Gasteiger partial charge in [0.25, 0.3) is 0 Å². The molecule has 0 heterocycles. The Morgan fingerprint density at radius 1 is 1.11 bits per heavy atom. The normalized spacial score (nSPS) is 16.2. The molecule has 2 aromatic rings. The van der Waals surface area contributed by atoms with Crippen molar-refractivity contribution in [3.8, 4) is 0 Å². The molecule has 4 nitrogen and oxygen atoms in total. The number of nitrogens with zero attached hydrogens (tertiary/aromatic N) is 1. The van der Waals surface area contributed by atoms with Crippen LogP contribution in [0.3, 0.4) is 0 Å². The van der Waals surface area contributed by atoms with Crippen molar-refractivity contribution in [1.82, 2.24) is 0 Å². The van der Waals surface area contributed by atoms with Gasteiger partial charge in [-0.25, -0.2) is 4.79 Å². The van der Waals surface area contributed by atoms with Crippen molar-refractivity contribution in [2.45, 2.75) is 32.6 Å². The number of para-hydroxylation sites is 2. The molecule has 0 aromatic heterocycles. The van der Waals surface area contributed by atoms with Gasteiger partial charge in [0.1, 0.15) is 0 Å². The second-order valence-electron chi connectivity index (χ2n) is 6.27. The summed E-state index contributed by atoms with van der Waals surface area (Å²) in [6, 6.07) is 17.9. The second-order valence-corrected chi connectivity index (χ2v) is 6.27. The summed E-state index contributed by atoms with van der Waals surface area (Å²) in [6.07, 6.45) is 5.65. The Morgan fingerprint density at radius 3 is 2.63 bits per heavy atom. The maximum absolute atomic E-state index is 11.9. The summed E-state index contributed by atoms with van der Waals surface area (Å²) < 4.78 is 5.11. The summed E-state index contributed by atoms with van der Waals surface area (Å²) in [5.74, 6) is 0. The van der Waals surface area contributed by atoms with Gasteiger partial charge >= 0.3 is 6.09 Å². The largest absolute Gasteiger partial charge is 0.449 e. The lowest BCUT2D eigenvalue weighted by atomic mass is 10.1. The van der Waals surface area contributed by atoms with E-state index < -0.39 is 6.09 Å². The summed E-state index contributed by atoms with van der Waals surface area (Å²) >= 11 is 0. The number of aliphatic imine (C=N–C) groups is 1. The molecule has 1 aliphatic rings. The number of halogens is 1. The molecule has 1 saturated carbocycles. The maximum Gasteiger partial charge on any atom is 0.411 e. The monoisotopic (exact) mass is 384 g/mol. The number of amides is 1. The molecule has 3 rings (SSSR count). The SMILES string of the molecule is CCCOC(=O)Nc1ccccc1N=C1CCC/C1=C\c1ccccc1.Cl. The average Bonchev–Trinajstić information content (AvgIpc) is 3.09. The summed E-state index contributed by atoms with van der Waals surface area (Å²) in [6.45, 7) is 2.38. The zero-order chi connectivity index (χ0) is 18.2. The maximum atomic E-state index is 11.9. The summed E-state index contributed by atoms with van der Waals surface area (Å²) in [5, 5.41) is 2.80. The Hall–Kier alpha value is -2.59. The molecule has 27 heavy (non-hydrogen) atoms. The molecule has 0 saturated heterocycles. The van der Waals surface area contributed by atoms with Gasteiger partial charge in [-0.3, -0.25) is 10.3 Å². The number of ether oxygens (including phenoxy) is 1. The molecule has 0 spiro atoms. The highest BCUT2D eigenvalue weighted by molar-refractivity contribution is 6.07. The highest BCUT2D eigenvalue weighted by Crippen LogP contribution is 2.30. The molecular weight excluding hydrogens is 360 g/mol. The minimum Gasteiger partial charge on any atom is -0.449 e. The van der Waals surface area contributed by atoms with Crippen LogP contribution in [-0.2, 0) is 4.74 Å². The van der Waals surface area contributed by atoms with E-state index in [-0.39, 0.29) is 12.4 Å². The van der Waals surface area contributed by atoms with Gasteiger partial charge in [-0.15, -0.1) is 12.4 Å². The number of rotatable bonds is 5. The fourth-order valence-electron chi connectivity index (χ4n) is 2.95. The summed E-state index contributed by atoms with van der Waals surface area (Å²) in [5.41, 5.74) is 4.97. The van der Waals surface area contributed by atoms with E-state index in [1.165, 1.54) is 11.1 Å². The van der Waals surface area contributed by atoms with E-state index in [9.17, 15) is 4.79 Å². The second kappa shape index (κ2) is 10.5. The molecule has 5 heteroatoms. The van der Waals surface area contributed by atoms with Crippen LogP contribution in [0.2, 0.25) is 0 Å². The molecule has 1 aliphatic carbocycles. The molecule has 2 aromatic carbocycles. The molecule has 1 N–H and O–H groups in total. The van der Waals surface area contributed by atoms with Crippen LogP contribution in [-0.4, -0.2) is 18.4 Å². The Labute approximate surface area is 166 Å². The van der Waals surface area contributed by atoms with Crippen LogP contribution < -0.4 is 5.32 Å². The van der Waals surface area contributed by atoms with Crippen LogP contribution in [0, 0.1) is 0 Å². The third-order valence-corrected chi connectivity index (χ3v) is 4.20. The van der Waals surface area contributed by atoms with E-state index in [0.29, 0.717) is 12.3 Å². The molecule has 0 bridgehead atoms. The Balaban J connectivity index is 0.00000261. The lowest BCUT2D eigenvalue weighted by Gasteiger charge is -2.09. The molecule has 1 fully saturated rings. The first-order valence-electron chi connectivity index (χ1n) is 9.12. The zero-order valence-corrected chi connectivity index (χ0v) is 16.3. The fraction of sp³-hybridized carbons (Fsp3) is 0.273. The van der Waals surface area contributed by atoms with E-state index in [4.69, 9.17) is 9.73 Å². The van der Waals surface area contributed by atoms with Gasteiger partial charge in [0.15, 0.2) is 0 Å². The van der Waals surface area contributed by atoms with E-state index in [1.54, 1.807) is 0 Å². The van der Waals surface area contributed by atoms with E-state index >= 15 is 0 Å². The van der Waals surface area contributed by atoms with Gasteiger partial charge in [-0.05, 0) is 55.0 Å². The van der Waals surface area contributed by atoms with Crippen molar-refractivity contribution in [2.75, 3.05) is 11.9 Å². The van der Waals surface area contributed by atoms with E-state index in [1.807, 2.05) is 49.4 Å². The van der Waals surface area contributed by atoms with Gasteiger partial charge in [0, 0.05) is 5.71 Å². The van der Waals surface area contributed by atoms with Gasteiger partial charge in [-0.2, -0.15) is 0 Å². The minimum absolute atomic E-state index is 0. The first-order valence-corrected chi connectivity index (χ1v) is 9.12. The Morgan fingerprint density at radius 2 is 1.85 bits per heavy atom. The first-order chi connectivity index (χ1) is 12.8. The van der Waals surface area contributed by atoms with Gasteiger partial charge < -0.3 is 4.74 Å². The van der Waals surface area contributed by atoms with Crippen LogP contribution in [0.15, 0.2) is 65.2 Å². The smallest absolute Gasteiger partial charge is 0.411 e. The van der Waals surface area contributed by atoms with Gasteiger partial charge in [0.05, 0.1) is 18.0 Å². The molecular formula is C22H25ClN2O2.